The molecule has 0 atom stereocenters. The number of ether oxygens (including phenoxy) is 2. The van der Waals surface area contributed by atoms with Crippen molar-refractivity contribution in [3.8, 4) is 5.75 Å². The van der Waals surface area contributed by atoms with Gasteiger partial charge < -0.3 is 9.47 Å². The molecule has 0 fully saturated rings. The summed E-state index contributed by atoms with van der Waals surface area (Å²) >= 11 is 0. The Morgan fingerprint density at radius 2 is 1.70 bits per heavy atom. The highest BCUT2D eigenvalue weighted by Crippen LogP contribution is 2.20. The van der Waals surface area contributed by atoms with Crippen molar-refractivity contribution in [2.45, 2.75) is 6.92 Å². The lowest BCUT2D eigenvalue weighted by molar-refractivity contribution is -0.134. The predicted molar refractivity (Wildman–Crippen MR) is 82.2 cm³/mol. The fourth-order valence-corrected chi connectivity index (χ4v) is 1.90. The van der Waals surface area contributed by atoms with E-state index in [1.165, 1.54) is 7.11 Å². The number of halogens is 2. The Bertz CT molecular complexity index is 707. The maximum atomic E-state index is 13.4. The number of aliphatic imine (C=N–C) groups is 1. The zero-order valence-electron chi connectivity index (χ0n) is 12.7. The normalized spacial score (nSPS) is 11.2. The Morgan fingerprint density at radius 1 is 1.09 bits per heavy atom. The minimum absolute atomic E-state index is 0.0109. The van der Waals surface area contributed by atoms with Crippen LogP contribution in [0.3, 0.4) is 0 Å². The maximum Gasteiger partial charge on any atom is 0.357 e. The molecule has 0 amide bonds. The Morgan fingerprint density at radius 3 is 2.22 bits per heavy atom. The fraction of sp³-hybridized carbons (Fsp3) is 0.176. The molecule has 0 aromatic heterocycles. The molecule has 0 aliphatic heterocycles. The second kappa shape index (κ2) is 7.49. The topological polar surface area (TPSA) is 47.9 Å². The summed E-state index contributed by atoms with van der Waals surface area (Å²) in [6.45, 7) is 1.76. The van der Waals surface area contributed by atoms with Gasteiger partial charge in [-0.1, -0.05) is 0 Å². The zero-order valence-corrected chi connectivity index (χ0v) is 12.7. The van der Waals surface area contributed by atoms with Crippen LogP contribution in [-0.4, -0.2) is 25.4 Å². The molecule has 120 valence electrons. The van der Waals surface area contributed by atoms with Gasteiger partial charge in [-0.2, -0.15) is 0 Å². The molecule has 0 saturated heterocycles. The zero-order chi connectivity index (χ0) is 16.8. The lowest BCUT2D eigenvalue weighted by Gasteiger charge is -2.07. The number of esters is 1. The standard InChI is InChI=1S/C17H15F2NO3/c1-3-23-17(21)16(11-8-12(18)10-13(19)9-11)20-14-4-6-15(22-2)7-5-14/h4-10H,3H2,1-2H3. The second-order valence-corrected chi connectivity index (χ2v) is 4.54. The highest BCUT2D eigenvalue weighted by Gasteiger charge is 2.17. The largest absolute Gasteiger partial charge is 0.497 e. The van der Waals surface area contributed by atoms with Crippen molar-refractivity contribution in [2.24, 2.45) is 4.99 Å². The molecule has 0 radical (unpaired) electrons. The van der Waals surface area contributed by atoms with Gasteiger partial charge in [-0.3, -0.25) is 0 Å². The van der Waals surface area contributed by atoms with E-state index in [4.69, 9.17) is 9.47 Å². The molecule has 0 N–H and O–H groups in total. The number of rotatable bonds is 5. The van der Waals surface area contributed by atoms with Crippen LogP contribution in [0, 0.1) is 11.6 Å². The highest BCUT2D eigenvalue weighted by atomic mass is 19.1. The van der Waals surface area contributed by atoms with E-state index in [0.717, 1.165) is 18.2 Å². The van der Waals surface area contributed by atoms with Crippen molar-refractivity contribution < 1.29 is 23.0 Å². The van der Waals surface area contributed by atoms with Crippen LogP contribution in [0.2, 0.25) is 0 Å². The second-order valence-electron chi connectivity index (χ2n) is 4.54. The van der Waals surface area contributed by atoms with Crippen molar-refractivity contribution in [3.05, 3.63) is 59.7 Å². The van der Waals surface area contributed by atoms with Crippen LogP contribution in [-0.2, 0) is 9.53 Å². The molecule has 2 aromatic rings. The van der Waals surface area contributed by atoms with Gasteiger partial charge in [0.15, 0.2) is 5.71 Å². The Labute approximate surface area is 132 Å². The summed E-state index contributed by atoms with van der Waals surface area (Å²) in [5.41, 5.74) is 0.269. The Hall–Kier alpha value is -2.76. The first-order chi connectivity index (χ1) is 11.0. The van der Waals surface area contributed by atoms with E-state index in [1.807, 2.05) is 0 Å². The average molecular weight is 319 g/mol. The molecular formula is C17H15F2NO3. The van der Waals surface area contributed by atoms with E-state index in [1.54, 1.807) is 31.2 Å². The lowest BCUT2D eigenvalue weighted by atomic mass is 10.1. The number of nitrogens with zero attached hydrogens (tertiary/aromatic N) is 1. The van der Waals surface area contributed by atoms with Crippen LogP contribution in [0.1, 0.15) is 12.5 Å². The van der Waals surface area contributed by atoms with Crippen molar-refractivity contribution in [2.75, 3.05) is 13.7 Å². The Kier molecular flexibility index (Phi) is 5.41. The summed E-state index contributed by atoms with van der Waals surface area (Å²) in [6.07, 6.45) is 0. The van der Waals surface area contributed by atoms with Crippen LogP contribution in [0.5, 0.6) is 5.75 Å². The minimum Gasteiger partial charge on any atom is -0.497 e. The molecule has 0 spiro atoms. The third-order valence-electron chi connectivity index (χ3n) is 2.92. The summed E-state index contributed by atoms with van der Waals surface area (Å²) in [5, 5.41) is 0. The SMILES string of the molecule is CCOC(=O)C(=Nc1ccc(OC)cc1)c1cc(F)cc(F)c1. The first-order valence-electron chi connectivity index (χ1n) is 6.89. The van der Waals surface area contributed by atoms with E-state index in [0.29, 0.717) is 11.4 Å². The van der Waals surface area contributed by atoms with Crippen molar-refractivity contribution in [3.63, 3.8) is 0 Å². The van der Waals surface area contributed by atoms with E-state index in [-0.39, 0.29) is 17.9 Å². The molecule has 2 rings (SSSR count). The molecule has 2 aromatic carbocycles. The molecule has 4 nitrogen and oxygen atoms in total. The summed E-state index contributed by atoms with van der Waals surface area (Å²) in [6, 6.07) is 9.34. The minimum atomic E-state index is -0.799. The summed E-state index contributed by atoms with van der Waals surface area (Å²) in [5.74, 6) is -1.73. The number of methoxy groups -OCH3 is 1. The van der Waals surface area contributed by atoms with Gasteiger partial charge in [-0.15, -0.1) is 0 Å². The first-order valence-corrected chi connectivity index (χ1v) is 6.89. The summed E-state index contributed by atoms with van der Waals surface area (Å²) in [7, 11) is 1.53. The van der Waals surface area contributed by atoms with E-state index in [2.05, 4.69) is 4.99 Å². The van der Waals surface area contributed by atoms with Crippen LogP contribution < -0.4 is 4.74 Å². The maximum absolute atomic E-state index is 13.4. The molecular weight excluding hydrogens is 304 g/mol. The van der Waals surface area contributed by atoms with Crippen LogP contribution in [0.15, 0.2) is 47.5 Å². The number of carbonyl (C=O) groups excluding carboxylic acids is 1. The summed E-state index contributed by atoms with van der Waals surface area (Å²) in [4.78, 5) is 16.2. The number of hydrogen-bond donors (Lipinski definition) is 0. The fourth-order valence-electron chi connectivity index (χ4n) is 1.90. The third-order valence-corrected chi connectivity index (χ3v) is 2.92. The predicted octanol–water partition coefficient (Wildman–Crippen LogP) is 3.66. The lowest BCUT2D eigenvalue weighted by Crippen LogP contribution is -2.19. The van der Waals surface area contributed by atoms with Crippen LogP contribution in [0.4, 0.5) is 14.5 Å². The van der Waals surface area contributed by atoms with Crippen molar-refractivity contribution >= 4 is 17.4 Å². The quantitative estimate of drug-likeness (QED) is 0.624. The van der Waals surface area contributed by atoms with E-state index in [9.17, 15) is 13.6 Å². The summed E-state index contributed by atoms with van der Waals surface area (Å²) < 4.78 is 36.8. The average Bonchev–Trinajstić information content (AvgIpc) is 2.52. The highest BCUT2D eigenvalue weighted by molar-refractivity contribution is 6.43. The van der Waals surface area contributed by atoms with Gasteiger partial charge in [-0.25, -0.2) is 18.6 Å². The number of hydrogen-bond acceptors (Lipinski definition) is 4. The van der Waals surface area contributed by atoms with Gasteiger partial charge in [0, 0.05) is 11.6 Å². The first kappa shape index (κ1) is 16.6. The van der Waals surface area contributed by atoms with Crippen LogP contribution in [0.25, 0.3) is 0 Å². The van der Waals surface area contributed by atoms with Gasteiger partial charge in [0.05, 0.1) is 19.4 Å². The monoisotopic (exact) mass is 319 g/mol. The van der Waals surface area contributed by atoms with Crippen molar-refractivity contribution in [1.29, 1.82) is 0 Å². The van der Waals surface area contributed by atoms with Gasteiger partial charge in [-0.05, 0) is 43.3 Å². The van der Waals surface area contributed by atoms with Gasteiger partial charge >= 0.3 is 5.97 Å². The van der Waals surface area contributed by atoms with Gasteiger partial charge in [0.1, 0.15) is 17.4 Å². The Balaban J connectivity index is 2.48. The smallest absolute Gasteiger partial charge is 0.357 e. The molecule has 6 heteroatoms. The van der Waals surface area contributed by atoms with Crippen LogP contribution >= 0.6 is 0 Å². The number of carbonyl (C=O) groups is 1. The number of benzene rings is 2. The van der Waals surface area contributed by atoms with E-state index < -0.39 is 17.6 Å². The van der Waals surface area contributed by atoms with E-state index >= 15 is 0 Å². The third kappa shape index (κ3) is 4.35. The molecule has 0 saturated carbocycles. The van der Waals surface area contributed by atoms with Gasteiger partial charge in [0.25, 0.3) is 0 Å². The van der Waals surface area contributed by atoms with Crippen molar-refractivity contribution in [1.82, 2.24) is 0 Å². The van der Waals surface area contributed by atoms with Gasteiger partial charge in [0.2, 0.25) is 0 Å². The molecule has 0 aliphatic carbocycles. The molecule has 0 heterocycles. The molecule has 0 aliphatic rings. The molecule has 0 unspecified atom stereocenters. The molecule has 0 bridgehead atoms. The molecule has 23 heavy (non-hydrogen) atoms.